The Morgan fingerprint density at radius 2 is 2.00 bits per heavy atom. The first-order valence-corrected chi connectivity index (χ1v) is 9.28. The van der Waals surface area contributed by atoms with Gasteiger partial charge in [-0.25, -0.2) is 0 Å². The number of nitrogens with one attached hydrogen (secondary N) is 1. The number of aromatic nitrogens is 1. The highest BCUT2D eigenvalue weighted by molar-refractivity contribution is 5.93. The molecule has 0 saturated carbocycles. The summed E-state index contributed by atoms with van der Waals surface area (Å²) < 4.78 is 5.23. The molecule has 0 bridgehead atoms. The normalized spacial score (nSPS) is 14.0. The lowest BCUT2D eigenvalue weighted by Gasteiger charge is -2.34. The summed E-state index contributed by atoms with van der Waals surface area (Å²) in [6.07, 6.45) is 5.36. The highest BCUT2D eigenvalue weighted by Crippen LogP contribution is 2.24. The summed E-state index contributed by atoms with van der Waals surface area (Å²) in [5.74, 6) is 0.658. The molecule has 1 atom stereocenters. The third-order valence-electron chi connectivity index (χ3n) is 4.63. The van der Waals surface area contributed by atoms with Crippen LogP contribution in [0.3, 0.4) is 0 Å². The summed E-state index contributed by atoms with van der Waals surface area (Å²) in [4.78, 5) is 14.8. The van der Waals surface area contributed by atoms with E-state index >= 15 is 0 Å². The minimum atomic E-state index is -0.130. The lowest BCUT2D eigenvalue weighted by molar-refractivity contribution is 0.0903. The number of hydrogen-bond donors (Lipinski definition) is 1. The summed E-state index contributed by atoms with van der Waals surface area (Å²) in [5.41, 5.74) is 1.34. The fourth-order valence-corrected chi connectivity index (χ4v) is 3.27. The second-order valence-electron chi connectivity index (χ2n) is 7.27. The molecule has 5 heteroatoms. The van der Waals surface area contributed by atoms with Gasteiger partial charge in [0.25, 0.3) is 5.91 Å². The lowest BCUT2D eigenvalue weighted by atomic mass is 9.84. The maximum atomic E-state index is 12.5. The van der Waals surface area contributed by atoms with E-state index in [9.17, 15) is 4.79 Å². The molecule has 138 valence electrons. The molecule has 0 saturated heterocycles. The fraction of sp³-hybridized carbons (Fsp3) is 0.789. The van der Waals surface area contributed by atoms with Crippen LogP contribution in [0.25, 0.3) is 0 Å². The minimum absolute atomic E-state index is 0.0676. The summed E-state index contributed by atoms with van der Waals surface area (Å²) in [6.45, 7) is 13.3. The van der Waals surface area contributed by atoms with E-state index in [0.29, 0.717) is 12.2 Å². The van der Waals surface area contributed by atoms with Crippen molar-refractivity contribution in [3.8, 4) is 0 Å². The molecule has 0 aliphatic rings. The van der Waals surface area contributed by atoms with Crippen LogP contribution in [0.5, 0.6) is 0 Å². The van der Waals surface area contributed by atoms with Crippen LogP contribution in [0.4, 0.5) is 0 Å². The number of aryl methyl sites for hydroxylation is 1. The molecule has 1 rings (SSSR count). The van der Waals surface area contributed by atoms with Crippen LogP contribution in [-0.2, 0) is 6.42 Å². The van der Waals surface area contributed by atoms with Gasteiger partial charge in [0.1, 0.15) is 5.76 Å². The van der Waals surface area contributed by atoms with Crippen LogP contribution in [0.15, 0.2) is 4.52 Å². The smallest absolute Gasteiger partial charge is 0.273 e. The van der Waals surface area contributed by atoms with E-state index in [4.69, 9.17) is 4.52 Å². The zero-order valence-electron chi connectivity index (χ0n) is 16.4. The van der Waals surface area contributed by atoms with Gasteiger partial charge in [-0.1, -0.05) is 45.7 Å². The molecule has 1 aromatic heterocycles. The van der Waals surface area contributed by atoms with E-state index < -0.39 is 0 Å². The van der Waals surface area contributed by atoms with Gasteiger partial charge in [-0.2, -0.15) is 0 Å². The van der Waals surface area contributed by atoms with E-state index in [-0.39, 0.29) is 11.3 Å². The van der Waals surface area contributed by atoms with Crippen LogP contribution in [0, 0.1) is 12.3 Å². The Morgan fingerprint density at radius 3 is 2.54 bits per heavy atom. The second-order valence-corrected chi connectivity index (χ2v) is 7.27. The molecular formula is C19H35N3O2. The third kappa shape index (κ3) is 5.93. The maximum absolute atomic E-state index is 12.5. The predicted octanol–water partition coefficient (Wildman–Crippen LogP) is 3.81. The molecule has 5 nitrogen and oxygen atoms in total. The summed E-state index contributed by atoms with van der Waals surface area (Å²) in [7, 11) is 2.17. The summed E-state index contributed by atoms with van der Waals surface area (Å²) >= 11 is 0. The van der Waals surface area contributed by atoms with Gasteiger partial charge in [-0.3, -0.25) is 4.79 Å². The van der Waals surface area contributed by atoms with E-state index in [1.807, 2.05) is 13.8 Å². The summed E-state index contributed by atoms with van der Waals surface area (Å²) in [6, 6.07) is 0. The van der Waals surface area contributed by atoms with Crippen molar-refractivity contribution in [2.45, 2.75) is 66.7 Å². The van der Waals surface area contributed by atoms with Gasteiger partial charge in [0.2, 0.25) is 0 Å². The van der Waals surface area contributed by atoms with Crippen LogP contribution < -0.4 is 5.32 Å². The SMILES string of the molecule is CCCCN(C)CC(C)(CCC)CNC(=O)c1noc(CC)c1C. The fourth-order valence-electron chi connectivity index (χ4n) is 3.27. The zero-order chi connectivity index (χ0) is 18.2. The van der Waals surface area contributed by atoms with Crippen molar-refractivity contribution in [1.82, 2.24) is 15.4 Å². The largest absolute Gasteiger partial charge is 0.360 e. The van der Waals surface area contributed by atoms with Crippen LogP contribution in [-0.4, -0.2) is 42.6 Å². The predicted molar refractivity (Wildman–Crippen MR) is 98.4 cm³/mol. The topological polar surface area (TPSA) is 58.4 Å². The number of unbranched alkanes of at least 4 members (excludes halogenated alkanes) is 1. The van der Waals surface area contributed by atoms with Crippen LogP contribution in [0.1, 0.15) is 75.2 Å². The Kier molecular flexibility index (Phi) is 8.46. The Morgan fingerprint density at radius 1 is 1.29 bits per heavy atom. The van der Waals surface area contributed by atoms with E-state index in [1.165, 1.54) is 12.8 Å². The van der Waals surface area contributed by atoms with Gasteiger partial charge < -0.3 is 14.7 Å². The molecule has 1 heterocycles. The van der Waals surface area contributed by atoms with E-state index in [0.717, 1.165) is 43.7 Å². The molecule has 1 unspecified atom stereocenters. The number of rotatable bonds is 11. The summed E-state index contributed by atoms with van der Waals surface area (Å²) in [5, 5.41) is 7.01. The number of carbonyl (C=O) groups excluding carboxylic acids is 1. The molecular weight excluding hydrogens is 302 g/mol. The Bertz CT molecular complexity index is 513. The van der Waals surface area contributed by atoms with Gasteiger partial charge in [0, 0.05) is 25.1 Å². The minimum Gasteiger partial charge on any atom is -0.360 e. The van der Waals surface area contributed by atoms with Crippen LogP contribution >= 0.6 is 0 Å². The Balaban J connectivity index is 2.67. The van der Waals surface area contributed by atoms with Gasteiger partial charge in [-0.15, -0.1) is 0 Å². The number of amides is 1. The van der Waals surface area contributed by atoms with Gasteiger partial charge >= 0.3 is 0 Å². The number of nitrogens with zero attached hydrogens (tertiary/aromatic N) is 2. The quantitative estimate of drug-likeness (QED) is 0.667. The molecule has 0 aliphatic heterocycles. The van der Waals surface area contributed by atoms with Crippen molar-refractivity contribution in [2.24, 2.45) is 5.41 Å². The average Bonchev–Trinajstić information content (AvgIpc) is 2.91. The van der Waals surface area contributed by atoms with Crippen molar-refractivity contribution in [3.63, 3.8) is 0 Å². The standard InChI is InChI=1S/C19H35N3O2/c1-7-10-12-22(6)14-19(5,11-8-2)13-20-18(23)17-15(4)16(9-3)24-21-17/h7-14H2,1-6H3,(H,20,23). The monoisotopic (exact) mass is 337 g/mol. The molecule has 24 heavy (non-hydrogen) atoms. The molecule has 0 aromatic carbocycles. The maximum Gasteiger partial charge on any atom is 0.273 e. The first kappa shape index (κ1) is 20.7. The highest BCUT2D eigenvalue weighted by Gasteiger charge is 2.27. The second kappa shape index (κ2) is 9.82. The average molecular weight is 338 g/mol. The molecule has 0 fully saturated rings. The van der Waals surface area contributed by atoms with Crippen molar-refractivity contribution in [3.05, 3.63) is 17.0 Å². The van der Waals surface area contributed by atoms with E-state index in [1.54, 1.807) is 0 Å². The Labute approximate surface area is 147 Å². The molecule has 1 aromatic rings. The van der Waals surface area contributed by atoms with Crippen molar-refractivity contribution >= 4 is 5.91 Å². The van der Waals surface area contributed by atoms with Gasteiger partial charge in [0.15, 0.2) is 5.69 Å². The van der Waals surface area contributed by atoms with Crippen LogP contribution in [0.2, 0.25) is 0 Å². The molecule has 1 amide bonds. The zero-order valence-corrected chi connectivity index (χ0v) is 16.4. The van der Waals surface area contributed by atoms with Crippen molar-refractivity contribution in [2.75, 3.05) is 26.7 Å². The van der Waals surface area contributed by atoms with Crippen molar-refractivity contribution in [1.29, 1.82) is 0 Å². The lowest BCUT2D eigenvalue weighted by Crippen LogP contribution is -2.43. The molecule has 1 N–H and O–H groups in total. The highest BCUT2D eigenvalue weighted by atomic mass is 16.5. The van der Waals surface area contributed by atoms with Crippen molar-refractivity contribution < 1.29 is 9.32 Å². The number of hydrogen-bond acceptors (Lipinski definition) is 4. The Hall–Kier alpha value is -1.36. The third-order valence-corrected chi connectivity index (χ3v) is 4.63. The van der Waals surface area contributed by atoms with Gasteiger partial charge in [0.05, 0.1) is 0 Å². The number of carbonyl (C=O) groups is 1. The molecule has 0 spiro atoms. The first-order chi connectivity index (χ1) is 11.4. The molecule has 0 aliphatic carbocycles. The first-order valence-electron chi connectivity index (χ1n) is 9.28. The van der Waals surface area contributed by atoms with Gasteiger partial charge in [-0.05, 0) is 38.8 Å². The van der Waals surface area contributed by atoms with E-state index in [2.05, 4.69) is 43.2 Å². The molecule has 0 radical (unpaired) electrons.